The zero-order valence-electron chi connectivity index (χ0n) is 18.2. The maximum atomic E-state index is 10.8. The van der Waals surface area contributed by atoms with Crippen LogP contribution in [-0.2, 0) is 17.7 Å². The molecule has 1 fully saturated rings. The Hall–Kier alpha value is -2.24. The highest BCUT2D eigenvalue weighted by Crippen LogP contribution is 2.12. The Morgan fingerprint density at radius 2 is 1.69 bits per heavy atom. The number of aryl methyl sites for hydroxylation is 1. The van der Waals surface area contributed by atoms with Gasteiger partial charge in [-0.1, -0.05) is 42.5 Å². The molecule has 0 amide bonds. The van der Waals surface area contributed by atoms with Crippen molar-refractivity contribution in [3.05, 3.63) is 75.8 Å². The lowest BCUT2D eigenvalue weighted by Crippen LogP contribution is -2.44. The molecule has 1 aliphatic heterocycles. The van der Waals surface area contributed by atoms with Gasteiger partial charge in [0, 0.05) is 44.9 Å². The lowest BCUT2D eigenvalue weighted by Gasteiger charge is -2.26. The molecule has 0 aliphatic carbocycles. The minimum atomic E-state index is -0.389. The first-order valence-electron chi connectivity index (χ1n) is 10.8. The number of non-ortho nitro benzene ring substituents is 1. The minimum Gasteiger partial charge on any atom is -0.379 e. The van der Waals surface area contributed by atoms with Crippen LogP contribution in [-0.4, -0.2) is 61.7 Å². The summed E-state index contributed by atoms with van der Waals surface area (Å²) in [6, 6.07) is 17.0. The Morgan fingerprint density at radius 1 is 1.00 bits per heavy atom. The largest absolute Gasteiger partial charge is 0.379 e. The van der Waals surface area contributed by atoms with Crippen molar-refractivity contribution in [3.63, 3.8) is 0 Å². The summed E-state index contributed by atoms with van der Waals surface area (Å²) in [5.41, 5.74) is 2.36. The van der Waals surface area contributed by atoms with Crippen molar-refractivity contribution < 1.29 is 9.66 Å². The fourth-order valence-electron chi connectivity index (χ4n) is 3.37. The Labute approximate surface area is 206 Å². The molecule has 0 bridgehead atoms. The van der Waals surface area contributed by atoms with Crippen LogP contribution in [0.25, 0.3) is 0 Å². The van der Waals surface area contributed by atoms with Crippen LogP contribution in [0.1, 0.15) is 17.5 Å². The molecule has 3 rings (SSSR count). The molecule has 0 atom stereocenters. The fourth-order valence-corrected chi connectivity index (χ4v) is 3.37. The number of hydrogen-bond acceptors (Lipinski definition) is 5. The van der Waals surface area contributed by atoms with E-state index in [0.717, 1.165) is 70.3 Å². The van der Waals surface area contributed by atoms with Gasteiger partial charge in [0.05, 0.1) is 24.7 Å². The maximum absolute atomic E-state index is 10.8. The highest BCUT2D eigenvalue weighted by Gasteiger charge is 2.10. The molecule has 1 heterocycles. The molecular weight excluding hydrogens is 521 g/mol. The average Bonchev–Trinajstić information content (AvgIpc) is 2.81. The molecule has 1 saturated heterocycles. The molecule has 0 radical (unpaired) electrons. The van der Waals surface area contributed by atoms with Gasteiger partial charge in [-0.15, -0.1) is 24.0 Å². The third-order valence-electron chi connectivity index (χ3n) is 5.17. The predicted molar refractivity (Wildman–Crippen MR) is 138 cm³/mol. The molecule has 1 aliphatic rings. The number of nitro benzene ring substituents is 1. The number of guanidine groups is 1. The third kappa shape index (κ3) is 9.49. The van der Waals surface area contributed by atoms with Crippen LogP contribution >= 0.6 is 24.0 Å². The van der Waals surface area contributed by atoms with E-state index >= 15 is 0 Å². The number of benzene rings is 2. The van der Waals surface area contributed by atoms with Gasteiger partial charge in [-0.25, -0.2) is 4.99 Å². The van der Waals surface area contributed by atoms with Crippen molar-refractivity contribution in [2.45, 2.75) is 19.4 Å². The van der Waals surface area contributed by atoms with Crippen molar-refractivity contribution in [1.82, 2.24) is 15.5 Å². The number of morpholine rings is 1. The Kier molecular flexibility index (Phi) is 12.0. The summed E-state index contributed by atoms with van der Waals surface area (Å²) in [7, 11) is 0. The molecule has 174 valence electrons. The average molecular weight is 553 g/mol. The third-order valence-corrected chi connectivity index (χ3v) is 5.17. The summed E-state index contributed by atoms with van der Waals surface area (Å²) in [5, 5.41) is 17.7. The summed E-state index contributed by atoms with van der Waals surface area (Å²) in [5.74, 6) is 0.764. The zero-order valence-corrected chi connectivity index (χ0v) is 20.6. The summed E-state index contributed by atoms with van der Waals surface area (Å²) < 4.78 is 5.40. The van der Waals surface area contributed by atoms with Crippen LogP contribution in [0.2, 0.25) is 0 Å². The summed E-state index contributed by atoms with van der Waals surface area (Å²) in [6.07, 6.45) is 2.02. The number of aliphatic imine (C=N–C) groups is 1. The van der Waals surface area contributed by atoms with E-state index in [-0.39, 0.29) is 34.6 Å². The molecule has 32 heavy (non-hydrogen) atoms. The van der Waals surface area contributed by atoms with Crippen LogP contribution in [0.4, 0.5) is 5.69 Å². The maximum Gasteiger partial charge on any atom is 0.269 e. The van der Waals surface area contributed by atoms with Crippen molar-refractivity contribution >= 4 is 35.6 Å². The number of hydrogen-bond donors (Lipinski definition) is 2. The van der Waals surface area contributed by atoms with Crippen molar-refractivity contribution in [2.75, 3.05) is 45.9 Å². The second-order valence-electron chi connectivity index (χ2n) is 7.49. The van der Waals surface area contributed by atoms with Crippen LogP contribution < -0.4 is 10.6 Å². The molecule has 9 heteroatoms. The molecule has 0 aromatic heterocycles. The van der Waals surface area contributed by atoms with Gasteiger partial charge in [0.2, 0.25) is 0 Å². The lowest BCUT2D eigenvalue weighted by molar-refractivity contribution is -0.384. The normalized spacial score (nSPS) is 14.4. The quantitative estimate of drug-likeness (QED) is 0.117. The zero-order chi connectivity index (χ0) is 21.7. The van der Waals surface area contributed by atoms with Gasteiger partial charge in [0.25, 0.3) is 5.69 Å². The second-order valence-corrected chi connectivity index (χ2v) is 7.49. The van der Waals surface area contributed by atoms with Crippen LogP contribution in [0, 0.1) is 10.1 Å². The molecule has 8 nitrogen and oxygen atoms in total. The van der Waals surface area contributed by atoms with Crippen LogP contribution in [0.5, 0.6) is 0 Å². The van der Waals surface area contributed by atoms with Gasteiger partial charge in [-0.05, 0) is 24.0 Å². The molecule has 2 aromatic carbocycles. The van der Waals surface area contributed by atoms with E-state index in [4.69, 9.17) is 4.74 Å². The molecule has 0 saturated carbocycles. The number of nitrogens with zero attached hydrogens (tertiary/aromatic N) is 3. The fraction of sp³-hybridized carbons (Fsp3) is 0.435. The number of rotatable bonds is 10. The topological polar surface area (TPSA) is 92.0 Å². The summed E-state index contributed by atoms with van der Waals surface area (Å²) in [6.45, 7) is 6.51. The smallest absolute Gasteiger partial charge is 0.269 e. The van der Waals surface area contributed by atoms with E-state index in [9.17, 15) is 10.1 Å². The molecule has 0 unspecified atom stereocenters. The van der Waals surface area contributed by atoms with Crippen LogP contribution in [0.3, 0.4) is 0 Å². The Morgan fingerprint density at radius 3 is 2.38 bits per heavy atom. The Balaban J connectivity index is 0.00000363. The molecular formula is C23H32IN5O3. The number of ether oxygens (including phenoxy) is 1. The van der Waals surface area contributed by atoms with Gasteiger partial charge in [-0.3, -0.25) is 15.0 Å². The predicted octanol–water partition coefficient (Wildman–Crippen LogP) is 3.21. The SMILES string of the molecule is I.O=[N+]([O-])c1ccc(CN=C(NCCCc2ccccc2)NCCN2CCOCC2)cc1. The number of halogens is 1. The van der Waals surface area contributed by atoms with E-state index in [1.165, 1.54) is 17.7 Å². The first kappa shape index (κ1) is 26.0. The Bertz CT molecular complexity index is 827. The van der Waals surface area contributed by atoms with Gasteiger partial charge in [-0.2, -0.15) is 0 Å². The van der Waals surface area contributed by atoms with Gasteiger partial charge in [0.1, 0.15) is 0 Å². The summed E-state index contributed by atoms with van der Waals surface area (Å²) >= 11 is 0. The second kappa shape index (κ2) is 14.8. The van der Waals surface area contributed by atoms with E-state index in [1.807, 2.05) is 6.07 Å². The van der Waals surface area contributed by atoms with Gasteiger partial charge in [0.15, 0.2) is 5.96 Å². The standard InChI is InChI=1S/C23H31N5O3.HI/c29-28(30)22-10-8-21(9-11-22)19-26-23(25-13-14-27-15-17-31-18-16-27)24-12-4-7-20-5-2-1-3-6-20;/h1-3,5-6,8-11H,4,7,12-19H2,(H2,24,25,26);1H. The van der Waals surface area contributed by atoms with E-state index in [1.54, 1.807) is 12.1 Å². The first-order valence-corrected chi connectivity index (χ1v) is 10.8. The van der Waals surface area contributed by atoms with Gasteiger partial charge >= 0.3 is 0 Å². The number of nitrogens with one attached hydrogen (secondary N) is 2. The van der Waals surface area contributed by atoms with Crippen molar-refractivity contribution in [2.24, 2.45) is 4.99 Å². The molecule has 2 N–H and O–H groups in total. The van der Waals surface area contributed by atoms with Crippen LogP contribution in [0.15, 0.2) is 59.6 Å². The van der Waals surface area contributed by atoms with Crippen molar-refractivity contribution in [3.8, 4) is 0 Å². The minimum absolute atomic E-state index is 0. The first-order chi connectivity index (χ1) is 15.2. The van der Waals surface area contributed by atoms with Gasteiger partial charge < -0.3 is 15.4 Å². The highest BCUT2D eigenvalue weighted by atomic mass is 127. The van der Waals surface area contributed by atoms with Crippen molar-refractivity contribution in [1.29, 1.82) is 0 Å². The van der Waals surface area contributed by atoms with E-state index in [0.29, 0.717) is 6.54 Å². The molecule has 0 spiro atoms. The van der Waals surface area contributed by atoms with E-state index in [2.05, 4.69) is 44.8 Å². The monoisotopic (exact) mass is 553 g/mol. The lowest BCUT2D eigenvalue weighted by atomic mass is 10.1. The van der Waals surface area contributed by atoms with E-state index < -0.39 is 0 Å². The number of nitro groups is 1. The highest BCUT2D eigenvalue weighted by molar-refractivity contribution is 14.0. The molecule has 2 aromatic rings. The summed E-state index contributed by atoms with van der Waals surface area (Å²) in [4.78, 5) is 17.5.